The fraction of sp³-hybridized carbons (Fsp3) is 0.176. The number of rotatable bonds is 4. The van der Waals surface area contributed by atoms with E-state index in [-0.39, 0.29) is 11.1 Å². The van der Waals surface area contributed by atoms with Crippen molar-refractivity contribution in [2.24, 2.45) is 0 Å². The lowest BCUT2D eigenvalue weighted by molar-refractivity contribution is 0.634. The third kappa shape index (κ3) is 3.10. The zero-order chi connectivity index (χ0) is 18.3. The Morgan fingerprint density at radius 2 is 2.08 bits per heavy atom. The highest BCUT2D eigenvalue weighted by molar-refractivity contribution is 9.10. The van der Waals surface area contributed by atoms with Gasteiger partial charge < -0.3 is 0 Å². The van der Waals surface area contributed by atoms with Gasteiger partial charge in [0.1, 0.15) is 0 Å². The number of hydrogen-bond acceptors (Lipinski definition) is 6. The zero-order valence-corrected chi connectivity index (χ0v) is 16.9. The normalized spacial score (nSPS) is 11.5. The van der Waals surface area contributed by atoms with Gasteiger partial charge in [-0.1, -0.05) is 27.7 Å². The van der Waals surface area contributed by atoms with Crippen LogP contribution >= 0.6 is 39.0 Å². The molecule has 26 heavy (non-hydrogen) atoms. The minimum absolute atomic E-state index is 0.0666. The minimum atomic E-state index is -0.101. The summed E-state index contributed by atoms with van der Waals surface area (Å²) in [5.74, 6) is 0.470. The maximum atomic E-state index is 12.8. The van der Waals surface area contributed by atoms with E-state index in [2.05, 4.69) is 25.9 Å². The second-order valence-electron chi connectivity index (χ2n) is 5.54. The summed E-state index contributed by atoms with van der Waals surface area (Å²) in [7, 11) is 0. The van der Waals surface area contributed by atoms with Gasteiger partial charge >= 0.3 is 0 Å². The fourth-order valence-corrected chi connectivity index (χ4v) is 4.72. The van der Waals surface area contributed by atoms with Gasteiger partial charge in [-0.05, 0) is 25.1 Å². The molecule has 4 aromatic rings. The number of benzene rings is 1. The summed E-state index contributed by atoms with van der Waals surface area (Å²) >= 11 is 6.23. The summed E-state index contributed by atoms with van der Waals surface area (Å²) in [6.45, 7) is 2.44. The molecule has 0 amide bonds. The van der Waals surface area contributed by atoms with Gasteiger partial charge in [0.2, 0.25) is 0 Å². The van der Waals surface area contributed by atoms with Crippen LogP contribution in [0.25, 0.3) is 15.9 Å². The van der Waals surface area contributed by atoms with Crippen molar-refractivity contribution in [3.8, 4) is 0 Å². The van der Waals surface area contributed by atoms with Crippen LogP contribution in [0.4, 0.5) is 0 Å². The van der Waals surface area contributed by atoms with E-state index in [1.54, 1.807) is 16.8 Å². The number of aromatic nitrogens is 4. The quantitative estimate of drug-likeness (QED) is 0.352. The van der Waals surface area contributed by atoms with Crippen LogP contribution in [-0.4, -0.2) is 18.9 Å². The van der Waals surface area contributed by atoms with Crippen LogP contribution in [0.5, 0.6) is 0 Å². The lowest BCUT2D eigenvalue weighted by Crippen LogP contribution is -2.22. The van der Waals surface area contributed by atoms with E-state index in [1.165, 1.54) is 33.6 Å². The number of fused-ring (bicyclic) bond motifs is 2. The molecule has 132 valence electrons. The van der Waals surface area contributed by atoms with Crippen LogP contribution in [0.2, 0.25) is 0 Å². The summed E-state index contributed by atoms with van der Waals surface area (Å²) in [5.41, 5.74) is 1.17. The van der Waals surface area contributed by atoms with Crippen molar-refractivity contribution in [3.05, 3.63) is 66.7 Å². The van der Waals surface area contributed by atoms with Crippen molar-refractivity contribution in [2.45, 2.75) is 24.4 Å². The second kappa shape index (κ2) is 6.98. The summed E-state index contributed by atoms with van der Waals surface area (Å²) < 4.78 is 4.02. The first kappa shape index (κ1) is 17.4. The monoisotopic (exact) mass is 448 g/mol. The molecule has 0 fully saturated rings. The van der Waals surface area contributed by atoms with Crippen molar-refractivity contribution in [1.82, 2.24) is 18.9 Å². The van der Waals surface area contributed by atoms with Crippen molar-refractivity contribution in [1.29, 1.82) is 0 Å². The molecule has 0 bridgehead atoms. The van der Waals surface area contributed by atoms with E-state index in [9.17, 15) is 9.59 Å². The molecule has 0 atom stereocenters. The molecule has 4 rings (SSSR count). The molecule has 0 aliphatic carbocycles. The minimum Gasteiger partial charge on any atom is -0.287 e. The molecule has 1 aromatic carbocycles. The molecule has 3 aromatic heterocycles. The first-order chi connectivity index (χ1) is 12.6. The molecular weight excluding hydrogens is 436 g/mol. The average molecular weight is 449 g/mol. The number of thiazole rings is 1. The summed E-state index contributed by atoms with van der Waals surface area (Å²) in [6.07, 6.45) is 1.71. The smallest absolute Gasteiger partial charge is 0.262 e. The van der Waals surface area contributed by atoms with Gasteiger partial charge in [-0.25, -0.2) is 9.97 Å². The Labute approximate surface area is 164 Å². The second-order valence-corrected chi connectivity index (χ2v) is 8.27. The summed E-state index contributed by atoms with van der Waals surface area (Å²) in [5, 5.41) is 3.04. The zero-order valence-electron chi connectivity index (χ0n) is 13.7. The van der Waals surface area contributed by atoms with Crippen LogP contribution in [-0.2, 0) is 12.3 Å². The molecule has 0 radical (unpaired) electrons. The molecule has 0 aliphatic heterocycles. The maximum Gasteiger partial charge on any atom is 0.262 e. The Morgan fingerprint density at radius 1 is 1.23 bits per heavy atom. The fourth-order valence-electron chi connectivity index (χ4n) is 2.66. The van der Waals surface area contributed by atoms with E-state index >= 15 is 0 Å². The summed E-state index contributed by atoms with van der Waals surface area (Å²) in [4.78, 5) is 34.7. The Hall–Kier alpha value is -1.97. The van der Waals surface area contributed by atoms with Crippen LogP contribution in [0.3, 0.4) is 0 Å². The van der Waals surface area contributed by atoms with E-state index in [1.807, 2.05) is 24.4 Å². The van der Waals surface area contributed by atoms with Crippen molar-refractivity contribution >= 4 is 54.9 Å². The highest BCUT2D eigenvalue weighted by Crippen LogP contribution is 2.23. The topological polar surface area (TPSA) is 69.3 Å². The maximum absolute atomic E-state index is 12.8. The van der Waals surface area contributed by atoms with Crippen LogP contribution in [0.1, 0.15) is 12.6 Å². The lowest BCUT2D eigenvalue weighted by atomic mass is 10.2. The third-order valence-electron chi connectivity index (χ3n) is 3.90. The number of nitrogens with zero attached hydrogens (tertiary/aromatic N) is 4. The molecule has 0 saturated heterocycles. The standard InChI is InChI=1S/C17H13BrN4O2S2/c1-2-21-15(24)12-7-10(18)3-4-13(12)20-17(21)26-9-11-8-14(23)22-5-6-25-16(22)19-11/h3-8H,2,9H2,1H3. The Bertz CT molecular complexity index is 1250. The molecule has 9 heteroatoms. The van der Waals surface area contributed by atoms with E-state index < -0.39 is 0 Å². The predicted octanol–water partition coefficient (Wildman–Crippen LogP) is 3.54. The van der Waals surface area contributed by atoms with Gasteiger partial charge in [0.15, 0.2) is 10.1 Å². The molecule has 0 unspecified atom stereocenters. The average Bonchev–Trinajstić information content (AvgIpc) is 3.10. The van der Waals surface area contributed by atoms with Gasteiger partial charge in [-0.3, -0.25) is 18.6 Å². The van der Waals surface area contributed by atoms with Gasteiger partial charge in [0, 0.05) is 34.4 Å². The SMILES string of the molecule is CCn1c(SCc2cc(=O)n3ccsc3n2)nc2ccc(Br)cc2c1=O. The van der Waals surface area contributed by atoms with E-state index in [0.717, 1.165) is 4.47 Å². The molecule has 0 N–H and O–H groups in total. The summed E-state index contributed by atoms with van der Waals surface area (Å²) in [6, 6.07) is 7.01. The molecular formula is C17H13BrN4O2S2. The van der Waals surface area contributed by atoms with E-state index in [0.29, 0.717) is 39.0 Å². The molecule has 0 spiro atoms. The lowest BCUT2D eigenvalue weighted by Gasteiger charge is -2.11. The van der Waals surface area contributed by atoms with Crippen LogP contribution in [0, 0.1) is 0 Å². The first-order valence-electron chi connectivity index (χ1n) is 7.85. The van der Waals surface area contributed by atoms with Gasteiger partial charge in [-0.2, -0.15) is 0 Å². The predicted molar refractivity (Wildman–Crippen MR) is 108 cm³/mol. The van der Waals surface area contributed by atoms with E-state index in [4.69, 9.17) is 0 Å². The highest BCUT2D eigenvalue weighted by atomic mass is 79.9. The number of hydrogen-bond donors (Lipinski definition) is 0. The van der Waals surface area contributed by atoms with Crippen molar-refractivity contribution in [3.63, 3.8) is 0 Å². The first-order valence-corrected chi connectivity index (χ1v) is 10.5. The van der Waals surface area contributed by atoms with Crippen molar-refractivity contribution < 1.29 is 0 Å². The van der Waals surface area contributed by atoms with Gasteiger partial charge in [0.05, 0.1) is 16.6 Å². The third-order valence-corrected chi connectivity index (χ3v) is 6.16. The van der Waals surface area contributed by atoms with Crippen LogP contribution in [0.15, 0.2) is 55.1 Å². The Balaban J connectivity index is 1.73. The van der Waals surface area contributed by atoms with Crippen molar-refractivity contribution in [2.75, 3.05) is 0 Å². The van der Waals surface area contributed by atoms with Crippen LogP contribution < -0.4 is 11.1 Å². The highest BCUT2D eigenvalue weighted by Gasteiger charge is 2.12. The number of thioether (sulfide) groups is 1. The molecule has 0 saturated carbocycles. The largest absolute Gasteiger partial charge is 0.287 e. The van der Waals surface area contributed by atoms with Gasteiger partial charge in [0.25, 0.3) is 11.1 Å². The van der Waals surface area contributed by atoms with Gasteiger partial charge in [-0.15, -0.1) is 11.3 Å². The molecule has 0 aliphatic rings. The molecule has 3 heterocycles. The Morgan fingerprint density at radius 3 is 2.88 bits per heavy atom. The number of halogens is 1. The molecule has 6 nitrogen and oxygen atoms in total. The Kier molecular flexibility index (Phi) is 4.68.